The third-order valence-electron chi connectivity index (χ3n) is 4.49. The van der Waals surface area contributed by atoms with Crippen molar-refractivity contribution in [2.24, 2.45) is 0 Å². The van der Waals surface area contributed by atoms with E-state index in [4.69, 9.17) is 4.42 Å². The highest BCUT2D eigenvalue weighted by molar-refractivity contribution is 5.95. The number of amides is 2. The molecule has 3 rings (SSSR count). The predicted molar refractivity (Wildman–Crippen MR) is 91.3 cm³/mol. The number of β-amino-alcohol motifs (C(OH)–C–C–N with tert-alkyl or cyclic N) is 1. The summed E-state index contributed by atoms with van der Waals surface area (Å²) in [6.45, 7) is 0.460. The third kappa shape index (κ3) is 3.56. The number of hydrogen-bond donors (Lipinski definition) is 2. The molecule has 25 heavy (non-hydrogen) atoms. The molecule has 7 heteroatoms. The molecule has 1 fully saturated rings. The third-order valence-corrected chi connectivity index (χ3v) is 4.49. The van der Waals surface area contributed by atoms with Crippen molar-refractivity contribution < 1.29 is 19.1 Å². The number of hydrogen-bond acceptors (Lipinski definition) is 5. The van der Waals surface area contributed by atoms with E-state index in [1.807, 2.05) is 0 Å². The molecule has 2 heterocycles. The lowest BCUT2D eigenvalue weighted by molar-refractivity contribution is -0.127. The van der Waals surface area contributed by atoms with E-state index in [1.54, 1.807) is 24.3 Å². The summed E-state index contributed by atoms with van der Waals surface area (Å²) < 4.78 is 5.17. The van der Waals surface area contributed by atoms with Crippen molar-refractivity contribution in [1.29, 1.82) is 0 Å². The van der Waals surface area contributed by atoms with Crippen LogP contribution < -0.4 is 10.9 Å². The maximum Gasteiger partial charge on any atom is 0.344 e. The Morgan fingerprint density at radius 3 is 2.88 bits per heavy atom. The number of likely N-dealkylation sites (tertiary alicyclic amines) is 1. The minimum absolute atomic E-state index is 0.0236. The van der Waals surface area contributed by atoms with Gasteiger partial charge in [-0.15, -0.1) is 0 Å². The smallest absolute Gasteiger partial charge is 0.344 e. The number of nitrogens with one attached hydrogen (secondary N) is 1. The maximum absolute atomic E-state index is 12.7. The van der Waals surface area contributed by atoms with Crippen LogP contribution >= 0.6 is 0 Å². The summed E-state index contributed by atoms with van der Waals surface area (Å²) in [5.74, 6) is -0.806. The molecular formula is C18H20N2O5. The van der Waals surface area contributed by atoms with E-state index in [0.29, 0.717) is 30.2 Å². The zero-order chi connectivity index (χ0) is 18.0. The Kier molecular flexibility index (Phi) is 4.59. The van der Waals surface area contributed by atoms with Crippen LogP contribution in [0.3, 0.4) is 0 Å². The summed E-state index contributed by atoms with van der Waals surface area (Å²) >= 11 is 0. The van der Waals surface area contributed by atoms with Gasteiger partial charge >= 0.3 is 5.63 Å². The second-order valence-corrected chi connectivity index (χ2v) is 6.39. The summed E-state index contributed by atoms with van der Waals surface area (Å²) in [5, 5.41) is 14.1. The Morgan fingerprint density at radius 1 is 1.36 bits per heavy atom. The second kappa shape index (κ2) is 6.68. The van der Waals surface area contributed by atoms with Crippen molar-refractivity contribution in [3.05, 3.63) is 46.5 Å². The first-order valence-electron chi connectivity index (χ1n) is 8.17. The van der Waals surface area contributed by atoms with Crippen molar-refractivity contribution in [3.8, 4) is 0 Å². The van der Waals surface area contributed by atoms with Crippen LogP contribution in [0.15, 0.2) is 39.5 Å². The van der Waals surface area contributed by atoms with Gasteiger partial charge in [-0.3, -0.25) is 9.59 Å². The lowest BCUT2D eigenvalue weighted by Crippen LogP contribution is -2.52. The number of nitrogens with zero attached hydrogens (tertiary/aromatic N) is 1. The molecule has 1 aromatic carbocycles. The van der Waals surface area contributed by atoms with Gasteiger partial charge in [-0.05, 0) is 30.4 Å². The summed E-state index contributed by atoms with van der Waals surface area (Å²) in [7, 11) is 1.50. The molecule has 2 amide bonds. The first kappa shape index (κ1) is 17.2. The highest BCUT2D eigenvalue weighted by Gasteiger charge is 2.37. The summed E-state index contributed by atoms with van der Waals surface area (Å²) in [5.41, 5.74) is -1.84. The number of benzene rings is 1. The molecule has 0 saturated carbocycles. The fourth-order valence-electron chi connectivity index (χ4n) is 3.21. The Morgan fingerprint density at radius 2 is 2.12 bits per heavy atom. The molecule has 1 saturated heterocycles. The molecule has 1 aliphatic rings. The van der Waals surface area contributed by atoms with Crippen molar-refractivity contribution in [2.75, 3.05) is 20.1 Å². The van der Waals surface area contributed by atoms with E-state index >= 15 is 0 Å². The molecule has 1 unspecified atom stereocenters. The van der Waals surface area contributed by atoms with Crippen molar-refractivity contribution in [3.63, 3.8) is 0 Å². The van der Waals surface area contributed by atoms with Crippen LogP contribution in [0.2, 0.25) is 0 Å². The molecule has 0 radical (unpaired) electrons. The minimum atomic E-state index is -1.27. The van der Waals surface area contributed by atoms with Gasteiger partial charge in [0.1, 0.15) is 0 Å². The highest BCUT2D eigenvalue weighted by atomic mass is 16.4. The normalized spacial score (nSPS) is 20.5. The maximum atomic E-state index is 12.7. The lowest BCUT2D eigenvalue weighted by atomic mass is 9.89. The van der Waals surface area contributed by atoms with E-state index in [0.717, 1.165) is 0 Å². The number of carbonyl (C=O) groups excluding carboxylic acids is 2. The predicted octanol–water partition coefficient (Wildman–Crippen LogP) is 0.896. The Labute approximate surface area is 144 Å². The van der Waals surface area contributed by atoms with Crippen molar-refractivity contribution in [1.82, 2.24) is 10.2 Å². The van der Waals surface area contributed by atoms with Gasteiger partial charge in [0, 0.05) is 13.6 Å². The van der Waals surface area contributed by atoms with Gasteiger partial charge in [0.15, 0.2) is 5.76 Å². The van der Waals surface area contributed by atoms with Gasteiger partial charge in [-0.2, -0.15) is 0 Å². The monoisotopic (exact) mass is 344 g/mol. The van der Waals surface area contributed by atoms with Crippen LogP contribution in [-0.4, -0.2) is 47.6 Å². The second-order valence-electron chi connectivity index (χ2n) is 6.39. The van der Waals surface area contributed by atoms with Gasteiger partial charge < -0.3 is 19.7 Å². The summed E-state index contributed by atoms with van der Waals surface area (Å²) in [6, 6.07) is 8.41. The van der Waals surface area contributed by atoms with Gasteiger partial charge in [0.05, 0.1) is 24.0 Å². The van der Waals surface area contributed by atoms with Crippen molar-refractivity contribution >= 4 is 22.6 Å². The van der Waals surface area contributed by atoms with Crippen LogP contribution in [0.25, 0.3) is 10.8 Å². The Hall–Kier alpha value is -2.67. The number of aliphatic hydroxyl groups is 1. The molecule has 132 valence electrons. The van der Waals surface area contributed by atoms with E-state index in [1.165, 1.54) is 18.0 Å². The summed E-state index contributed by atoms with van der Waals surface area (Å²) in [4.78, 5) is 37.8. The molecule has 2 aromatic rings. The molecule has 1 aliphatic heterocycles. The Balaban J connectivity index is 1.85. The first-order valence-corrected chi connectivity index (χ1v) is 8.17. The largest absolute Gasteiger partial charge is 0.417 e. The average molecular weight is 344 g/mol. The topological polar surface area (TPSA) is 99.9 Å². The fourth-order valence-corrected chi connectivity index (χ4v) is 3.21. The van der Waals surface area contributed by atoms with Gasteiger partial charge in [-0.25, -0.2) is 4.79 Å². The number of carbonyl (C=O) groups is 2. The van der Waals surface area contributed by atoms with E-state index in [2.05, 4.69) is 5.32 Å². The highest BCUT2D eigenvalue weighted by Crippen LogP contribution is 2.26. The number of piperidine rings is 1. The molecule has 0 bridgehead atoms. The molecule has 7 nitrogen and oxygen atoms in total. The van der Waals surface area contributed by atoms with Gasteiger partial charge in [-0.1, -0.05) is 18.2 Å². The quantitative estimate of drug-likeness (QED) is 0.862. The van der Waals surface area contributed by atoms with Crippen LogP contribution in [-0.2, 0) is 4.79 Å². The standard InChI is InChI=1S/C18H20N2O5/c1-19-15(21)10-18(24)7-4-8-20(11-18)16(22)14-9-12-5-2-3-6-13(12)17(23)25-14/h2-3,5-6,9,24H,4,7-8,10-11H2,1H3,(H,19,21). The van der Waals surface area contributed by atoms with Crippen LogP contribution in [0, 0.1) is 0 Å². The molecular weight excluding hydrogens is 324 g/mol. The van der Waals surface area contributed by atoms with Crippen LogP contribution in [0.1, 0.15) is 29.8 Å². The van der Waals surface area contributed by atoms with E-state index in [-0.39, 0.29) is 24.6 Å². The number of rotatable bonds is 3. The first-order chi connectivity index (χ1) is 11.9. The molecule has 2 N–H and O–H groups in total. The SMILES string of the molecule is CNC(=O)CC1(O)CCCN(C(=O)c2cc3ccccc3c(=O)o2)C1. The molecule has 0 aliphatic carbocycles. The number of fused-ring (bicyclic) bond motifs is 1. The zero-order valence-corrected chi connectivity index (χ0v) is 13.9. The zero-order valence-electron chi connectivity index (χ0n) is 13.9. The molecule has 1 aromatic heterocycles. The minimum Gasteiger partial charge on any atom is -0.417 e. The molecule has 1 atom stereocenters. The van der Waals surface area contributed by atoms with Crippen LogP contribution in [0.4, 0.5) is 0 Å². The van der Waals surface area contributed by atoms with E-state index < -0.39 is 17.1 Å². The van der Waals surface area contributed by atoms with Crippen LogP contribution in [0.5, 0.6) is 0 Å². The Bertz CT molecular complexity index is 875. The lowest BCUT2D eigenvalue weighted by Gasteiger charge is -2.38. The molecule has 0 spiro atoms. The van der Waals surface area contributed by atoms with E-state index in [9.17, 15) is 19.5 Å². The van der Waals surface area contributed by atoms with Crippen molar-refractivity contribution in [2.45, 2.75) is 24.9 Å². The summed E-state index contributed by atoms with van der Waals surface area (Å²) in [6.07, 6.45) is 0.928. The fraction of sp³-hybridized carbons (Fsp3) is 0.389. The van der Waals surface area contributed by atoms with Gasteiger partial charge in [0.25, 0.3) is 5.91 Å². The average Bonchev–Trinajstić information content (AvgIpc) is 2.60. The van der Waals surface area contributed by atoms with Gasteiger partial charge in [0.2, 0.25) is 5.91 Å².